The van der Waals surface area contributed by atoms with Crippen molar-refractivity contribution >= 4 is 17.4 Å². The van der Waals surface area contributed by atoms with Gasteiger partial charge in [0.1, 0.15) is 11.5 Å². The molecule has 1 amide bonds. The maximum Gasteiger partial charge on any atom is 0.231 e. The number of carbonyl (C=O) groups excluding carboxylic acids is 2. The number of para-hydroxylation sites is 1. The van der Waals surface area contributed by atoms with Gasteiger partial charge in [0.05, 0.1) is 18.2 Å². The summed E-state index contributed by atoms with van der Waals surface area (Å²) in [6.45, 7) is 2.19. The molecule has 0 spiro atoms. The highest BCUT2D eigenvalue weighted by atomic mass is 16.7. The normalized spacial score (nSPS) is 12.5. The number of likely N-dealkylation sites (N-methyl/N-ethyl adjacent to an activating group) is 1. The second-order valence-electron chi connectivity index (χ2n) is 6.92. The van der Waals surface area contributed by atoms with Crippen LogP contribution < -0.4 is 20.1 Å². The Morgan fingerprint density at radius 2 is 2.03 bits per heavy atom. The SMILES string of the molecule is CCC(=O)N(C)CCc1cc2c(c(OC)c1/C(=N\N)C(=O)c1ccccc1O)OCO2. The van der Waals surface area contributed by atoms with Crippen LogP contribution in [-0.4, -0.2) is 54.9 Å². The Kier molecular flexibility index (Phi) is 6.64. The second-order valence-corrected chi connectivity index (χ2v) is 6.92. The number of Topliss-reactive ketones (excluding diaryl/α,β-unsaturated/α-hetero) is 1. The molecule has 3 N–H and O–H groups in total. The molecule has 0 saturated carbocycles. The summed E-state index contributed by atoms with van der Waals surface area (Å²) in [5.74, 6) is 5.93. The molecule has 0 atom stereocenters. The molecule has 1 heterocycles. The number of amides is 1. The van der Waals surface area contributed by atoms with Crippen LogP contribution in [0.1, 0.15) is 34.8 Å². The van der Waals surface area contributed by atoms with E-state index in [-0.39, 0.29) is 35.5 Å². The van der Waals surface area contributed by atoms with E-state index in [0.29, 0.717) is 42.0 Å². The fourth-order valence-corrected chi connectivity index (χ4v) is 3.43. The number of ketones is 1. The Hall–Kier alpha value is -3.75. The number of methoxy groups -OCH3 is 1. The molecule has 9 heteroatoms. The van der Waals surface area contributed by atoms with E-state index in [4.69, 9.17) is 20.1 Å². The lowest BCUT2D eigenvalue weighted by Crippen LogP contribution is -2.29. The van der Waals surface area contributed by atoms with Crippen molar-refractivity contribution in [3.63, 3.8) is 0 Å². The van der Waals surface area contributed by atoms with Gasteiger partial charge in [0.15, 0.2) is 11.5 Å². The number of fused-ring (bicyclic) bond motifs is 1. The van der Waals surface area contributed by atoms with Crippen molar-refractivity contribution in [1.29, 1.82) is 0 Å². The zero-order chi connectivity index (χ0) is 22.5. The van der Waals surface area contributed by atoms with Crippen LogP contribution in [0, 0.1) is 0 Å². The van der Waals surface area contributed by atoms with Crippen molar-refractivity contribution in [3.8, 4) is 23.0 Å². The van der Waals surface area contributed by atoms with Crippen molar-refractivity contribution in [3.05, 3.63) is 47.0 Å². The molecule has 0 aliphatic carbocycles. The van der Waals surface area contributed by atoms with Crippen molar-refractivity contribution in [2.75, 3.05) is 27.5 Å². The molecular formula is C22H25N3O6. The number of phenols is 1. The average Bonchev–Trinajstić information content (AvgIpc) is 3.25. The van der Waals surface area contributed by atoms with Crippen LogP contribution in [0.15, 0.2) is 35.4 Å². The second kappa shape index (κ2) is 9.38. The molecule has 0 aromatic heterocycles. The van der Waals surface area contributed by atoms with Gasteiger partial charge in [-0.3, -0.25) is 9.59 Å². The first-order chi connectivity index (χ1) is 14.9. The van der Waals surface area contributed by atoms with Gasteiger partial charge in [-0.2, -0.15) is 5.10 Å². The topological polar surface area (TPSA) is 124 Å². The van der Waals surface area contributed by atoms with Crippen LogP contribution in [0.25, 0.3) is 0 Å². The molecule has 3 rings (SSSR count). The Bertz CT molecular complexity index is 1030. The molecule has 0 fully saturated rings. The number of aromatic hydroxyl groups is 1. The third-order valence-electron chi connectivity index (χ3n) is 5.08. The summed E-state index contributed by atoms with van der Waals surface area (Å²) in [5.41, 5.74) is 0.927. The standard InChI is InChI=1S/C22H25N3O6/c1-4-17(27)25(2)10-9-13-11-16-21(31-12-30-16)22(29-3)18(13)19(24-23)20(28)14-7-5-6-8-15(14)26/h5-8,11,26H,4,9-10,12,23H2,1-3H3/b24-19+. The monoisotopic (exact) mass is 427 g/mol. The van der Waals surface area contributed by atoms with Crippen LogP contribution in [0.4, 0.5) is 0 Å². The molecule has 164 valence electrons. The van der Waals surface area contributed by atoms with E-state index in [0.717, 1.165) is 0 Å². The molecule has 1 aliphatic heterocycles. The molecule has 0 saturated heterocycles. The van der Waals surface area contributed by atoms with E-state index in [2.05, 4.69) is 5.10 Å². The number of carbonyl (C=O) groups is 2. The van der Waals surface area contributed by atoms with E-state index in [1.807, 2.05) is 0 Å². The lowest BCUT2D eigenvalue weighted by atomic mass is 9.93. The van der Waals surface area contributed by atoms with E-state index in [1.54, 1.807) is 37.1 Å². The minimum Gasteiger partial charge on any atom is -0.507 e. The molecule has 31 heavy (non-hydrogen) atoms. The highest BCUT2D eigenvalue weighted by molar-refractivity contribution is 6.52. The van der Waals surface area contributed by atoms with Crippen LogP contribution in [-0.2, 0) is 11.2 Å². The fraction of sp³-hybridized carbons (Fsp3) is 0.318. The number of hydrogen-bond donors (Lipinski definition) is 2. The Labute approximate surface area is 180 Å². The number of hydrazone groups is 1. The van der Waals surface area contributed by atoms with E-state index in [1.165, 1.54) is 19.2 Å². The highest BCUT2D eigenvalue weighted by Gasteiger charge is 2.31. The quantitative estimate of drug-likeness (QED) is 0.286. The summed E-state index contributed by atoms with van der Waals surface area (Å²) in [6, 6.07) is 7.86. The summed E-state index contributed by atoms with van der Waals surface area (Å²) in [5, 5.41) is 13.9. The van der Waals surface area contributed by atoms with E-state index in [9.17, 15) is 14.7 Å². The lowest BCUT2D eigenvalue weighted by Gasteiger charge is -2.20. The van der Waals surface area contributed by atoms with Gasteiger partial charge in [0.25, 0.3) is 0 Å². The van der Waals surface area contributed by atoms with Gasteiger partial charge >= 0.3 is 0 Å². The largest absolute Gasteiger partial charge is 0.507 e. The van der Waals surface area contributed by atoms with Gasteiger partial charge < -0.3 is 30.1 Å². The predicted molar refractivity (Wildman–Crippen MR) is 114 cm³/mol. The number of benzene rings is 2. The van der Waals surface area contributed by atoms with Gasteiger partial charge in [0.2, 0.25) is 24.2 Å². The maximum absolute atomic E-state index is 13.2. The van der Waals surface area contributed by atoms with Gasteiger partial charge in [-0.25, -0.2) is 0 Å². The van der Waals surface area contributed by atoms with Gasteiger partial charge in [-0.15, -0.1) is 0 Å². The van der Waals surface area contributed by atoms with E-state index < -0.39 is 5.78 Å². The molecule has 1 aliphatic rings. The Morgan fingerprint density at radius 1 is 1.29 bits per heavy atom. The molecule has 9 nitrogen and oxygen atoms in total. The first-order valence-corrected chi connectivity index (χ1v) is 9.77. The zero-order valence-electron chi connectivity index (χ0n) is 17.7. The van der Waals surface area contributed by atoms with Crippen molar-refractivity contribution in [1.82, 2.24) is 4.90 Å². The number of ether oxygens (including phenoxy) is 3. The number of phenolic OH excluding ortho intramolecular Hbond substituents is 1. The van der Waals surface area contributed by atoms with Crippen LogP contribution in [0.2, 0.25) is 0 Å². The Morgan fingerprint density at radius 3 is 2.68 bits per heavy atom. The zero-order valence-corrected chi connectivity index (χ0v) is 17.7. The average molecular weight is 427 g/mol. The predicted octanol–water partition coefficient (Wildman–Crippen LogP) is 2.09. The molecule has 0 unspecified atom stereocenters. The molecular weight excluding hydrogens is 402 g/mol. The number of rotatable bonds is 8. The molecule has 2 aromatic carbocycles. The minimum absolute atomic E-state index is 0.00529. The number of nitrogens with zero attached hydrogens (tertiary/aromatic N) is 2. The lowest BCUT2D eigenvalue weighted by molar-refractivity contribution is -0.129. The van der Waals surface area contributed by atoms with Crippen molar-refractivity contribution in [2.24, 2.45) is 10.9 Å². The fourth-order valence-electron chi connectivity index (χ4n) is 3.43. The highest BCUT2D eigenvalue weighted by Crippen LogP contribution is 2.45. The molecule has 0 radical (unpaired) electrons. The van der Waals surface area contributed by atoms with Gasteiger partial charge in [0, 0.05) is 20.0 Å². The first-order valence-electron chi connectivity index (χ1n) is 9.77. The van der Waals surface area contributed by atoms with Gasteiger partial charge in [-0.1, -0.05) is 19.1 Å². The molecule has 0 bridgehead atoms. The maximum atomic E-state index is 13.2. The van der Waals surface area contributed by atoms with Crippen LogP contribution >= 0.6 is 0 Å². The van der Waals surface area contributed by atoms with Gasteiger partial charge in [-0.05, 0) is 30.2 Å². The van der Waals surface area contributed by atoms with E-state index >= 15 is 0 Å². The molecule has 2 aromatic rings. The third kappa shape index (κ3) is 4.25. The third-order valence-corrected chi connectivity index (χ3v) is 5.08. The van der Waals surface area contributed by atoms with Crippen LogP contribution in [0.3, 0.4) is 0 Å². The number of hydrogen-bond acceptors (Lipinski definition) is 8. The summed E-state index contributed by atoms with van der Waals surface area (Å²) in [7, 11) is 3.15. The summed E-state index contributed by atoms with van der Waals surface area (Å²) in [6.07, 6.45) is 0.771. The van der Waals surface area contributed by atoms with Crippen molar-refractivity contribution < 1.29 is 28.9 Å². The smallest absolute Gasteiger partial charge is 0.231 e. The van der Waals surface area contributed by atoms with Crippen molar-refractivity contribution in [2.45, 2.75) is 19.8 Å². The number of nitrogens with two attached hydrogens (primary N) is 1. The Balaban J connectivity index is 2.11. The summed E-state index contributed by atoms with van der Waals surface area (Å²) >= 11 is 0. The first kappa shape index (κ1) is 21.9. The summed E-state index contributed by atoms with van der Waals surface area (Å²) in [4.78, 5) is 26.8. The minimum atomic E-state index is -0.572. The van der Waals surface area contributed by atoms with Crippen LogP contribution in [0.5, 0.6) is 23.0 Å². The summed E-state index contributed by atoms with van der Waals surface area (Å²) < 4.78 is 16.6.